The molecule has 1 N–H and O–H groups in total. The van der Waals surface area contributed by atoms with Gasteiger partial charge in [-0.2, -0.15) is 0 Å². The van der Waals surface area contributed by atoms with E-state index in [-0.39, 0.29) is 5.91 Å². The van der Waals surface area contributed by atoms with Crippen molar-refractivity contribution >= 4 is 5.91 Å². The molecule has 1 atom stereocenters. The molecule has 0 aliphatic carbocycles. The highest BCUT2D eigenvalue weighted by Crippen LogP contribution is 2.16. The van der Waals surface area contributed by atoms with Crippen LogP contribution in [0, 0.1) is 5.92 Å². The highest BCUT2D eigenvalue weighted by molar-refractivity contribution is 5.76. The predicted octanol–water partition coefficient (Wildman–Crippen LogP) is 1.51. The van der Waals surface area contributed by atoms with Crippen molar-refractivity contribution in [3.8, 4) is 0 Å². The van der Waals surface area contributed by atoms with E-state index in [4.69, 9.17) is 4.74 Å². The van der Waals surface area contributed by atoms with E-state index in [1.165, 1.54) is 0 Å². The molecule has 0 spiro atoms. The van der Waals surface area contributed by atoms with E-state index in [9.17, 15) is 4.79 Å². The van der Waals surface area contributed by atoms with Crippen molar-refractivity contribution in [2.24, 2.45) is 5.92 Å². The molecule has 18 heavy (non-hydrogen) atoms. The normalized spacial score (nSPS) is 19.4. The van der Waals surface area contributed by atoms with Gasteiger partial charge < -0.3 is 14.6 Å². The van der Waals surface area contributed by atoms with Crippen LogP contribution in [0.15, 0.2) is 12.4 Å². The van der Waals surface area contributed by atoms with Crippen molar-refractivity contribution < 1.29 is 9.53 Å². The Balaban J connectivity index is 1.79. The van der Waals surface area contributed by atoms with Crippen molar-refractivity contribution in [2.45, 2.75) is 39.3 Å². The van der Waals surface area contributed by atoms with E-state index in [0.29, 0.717) is 31.5 Å². The number of imidazole rings is 1. The first kappa shape index (κ1) is 13.1. The maximum Gasteiger partial charge on any atom is 0.220 e. The molecule has 0 radical (unpaired) electrons. The first-order valence-corrected chi connectivity index (χ1v) is 6.53. The van der Waals surface area contributed by atoms with Gasteiger partial charge in [0.05, 0.1) is 6.54 Å². The third-order valence-corrected chi connectivity index (χ3v) is 3.25. The number of hydrogen-bond donors (Lipinski definition) is 1. The molecular formula is C13H21N3O2. The Labute approximate surface area is 108 Å². The van der Waals surface area contributed by atoms with Crippen LogP contribution in [0.25, 0.3) is 0 Å². The van der Waals surface area contributed by atoms with E-state index in [0.717, 1.165) is 18.9 Å². The van der Waals surface area contributed by atoms with Gasteiger partial charge in [0.2, 0.25) is 5.91 Å². The third kappa shape index (κ3) is 3.32. The number of ether oxygens (including phenoxy) is 1. The summed E-state index contributed by atoms with van der Waals surface area (Å²) in [4.78, 5) is 16.0. The average molecular weight is 251 g/mol. The van der Waals surface area contributed by atoms with Crippen LogP contribution < -0.4 is 5.32 Å². The SMILES string of the molecule is CC(C)n1ccnc1CNC(=O)CC1CCOC1. The van der Waals surface area contributed by atoms with E-state index in [1.807, 2.05) is 6.20 Å². The molecule has 1 unspecified atom stereocenters. The van der Waals surface area contributed by atoms with Crippen LogP contribution in [0.4, 0.5) is 0 Å². The van der Waals surface area contributed by atoms with Gasteiger partial charge >= 0.3 is 0 Å². The van der Waals surface area contributed by atoms with Gasteiger partial charge in [-0.05, 0) is 26.2 Å². The molecule has 100 valence electrons. The van der Waals surface area contributed by atoms with Gasteiger partial charge in [-0.3, -0.25) is 4.79 Å². The quantitative estimate of drug-likeness (QED) is 0.863. The molecule has 1 saturated heterocycles. The standard InChI is InChI=1S/C13H21N3O2/c1-10(2)16-5-4-14-12(16)8-15-13(17)7-11-3-6-18-9-11/h4-5,10-11H,3,6-9H2,1-2H3,(H,15,17). The van der Waals surface area contributed by atoms with Crippen LogP contribution in [0.2, 0.25) is 0 Å². The van der Waals surface area contributed by atoms with Crippen molar-refractivity contribution in [3.63, 3.8) is 0 Å². The number of carbonyl (C=O) groups is 1. The topological polar surface area (TPSA) is 56.2 Å². The van der Waals surface area contributed by atoms with Gasteiger partial charge in [0, 0.05) is 38.1 Å². The van der Waals surface area contributed by atoms with Crippen LogP contribution in [0.1, 0.15) is 38.6 Å². The van der Waals surface area contributed by atoms with Gasteiger partial charge in [-0.1, -0.05) is 0 Å². The summed E-state index contributed by atoms with van der Waals surface area (Å²) in [6.45, 7) is 6.20. The van der Waals surface area contributed by atoms with Crippen molar-refractivity contribution in [2.75, 3.05) is 13.2 Å². The maximum absolute atomic E-state index is 11.8. The summed E-state index contributed by atoms with van der Waals surface area (Å²) < 4.78 is 7.33. The monoisotopic (exact) mass is 251 g/mol. The molecule has 0 saturated carbocycles. The molecule has 0 aromatic carbocycles. The molecule has 5 nitrogen and oxygen atoms in total. The van der Waals surface area contributed by atoms with Gasteiger partial charge in [0.25, 0.3) is 0 Å². The zero-order chi connectivity index (χ0) is 13.0. The Morgan fingerprint density at radius 3 is 3.17 bits per heavy atom. The number of nitrogens with one attached hydrogen (secondary N) is 1. The first-order valence-electron chi connectivity index (χ1n) is 6.53. The second-order valence-corrected chi connectivity index (χ2v) is 5.05. The molecule has 1 aliphatic rings. The Hall–Kier alpha value is -1.36. The first-order chi connectivity index (χ1) is 8.66. The minimum atomic E-state index is 0.0869. The minimum Gasteiger partial charge on any atom is -0.381 e. The zero-order valence-electron chi connectivity index (χ0n) is 11.1. The highest BCUT2D eigenvalue weighted by atomic mass is 16.5. The fourth-order valence-electron chi connectivity index (χ4n) is 2.21. The molecule has 5 heteroatoms. The average Bonchev–Trinajstić information content (AvgIpc) is 2.96. The summed E-state index contributed by atoms with van der Waals surface area (Å²) in [7, 11) is 0. The summed E-state index contributed by atoms with van der Waals surface area (Å²) in [5.41, 5.74) is 0. The lowest BCUT2D eigenvalue weighted by Gasteiger charge is -2.12. The van der Waals surface area contributed by atoms with Gasteiger partial charge in [0.1, 0.15) is 5.82 Å². The van der Waals surface area contributed by atoms with Crippen LogP contribution >= 0.6 is 0 Å². The van der Waals surface area contributed by atoms with E-state index in [2.05, 4.69) is 28.7 Å². The lowest BCUT2D eigenvalue weighted by molar-refractivity contribution is -0.122. The summed E-state index contributed by atoms with van der Waals surface area (Å²) in [6.07, 6.45) is 5.26. The predicted molar refractivity (Wildman–Crippen MR) is 68.0 cm³/mol. The molecule has 1 aromatic rings. The smallest absolute Gasteiger partial charge is 0.220 e. The Bertz CT molecular complexity index is 395. The fourth-order valence-corrected chi connectivity index (χ4v) is 2.21. The maximum atomic E-state index is 11.8. The number of aromatic nitrogens is 2. The number of carbonyl (C=O) groups excluding carboxylic acids is 1. The Kier molecular flexibility index (Phi) is 4.36. The Morgan fingerprint density at radius 2 is 2.50 bits per heavy atom. The van der Waals surface area contributed by atoms with Crippen LogP contribution in [0.5, 0.6) is 0 Å². The fraction of sp³-hybridized carbons (Fsp3) is 0.692. The number of nitrogens with zero attached hydrogens (tertiary/aromatic N) is 2. The van der Waals surface area contributed by atoms with E-state index >= 15 is 0 Å². The summed E-state index contributed by atoms with van der Waals surface area (Å²) in [6, 6.07) is 0.364. The second-order valence-electron chi connectivity index (χ2n) is 5.05. The molecule has 2 rings (SSSR count). The largest absolute Gasteiger partial charge is 0.381 e. The number of hydrogen-bond acceptors (Lipinski definition) is 3. The van der Waals surface area contributed by atoms with Crippen LogP contribution in [-0.4, -0.2) is 28.7 Å². The van der Waals surface area contributed by atoms with Crippen LogP contribution in [-0.2, 0) is 16.1 Å². The molecular weight excluding hydrogens is 230 g/mol. The van der Waals surface area contributed by atoms with Crippen molar-refractivity contribution in [3.05, 3.63) is 18.2 Å². The van der Waals surface area contributed by atoms with Gasteiger partial charge in [0.15, 0.2) is 0 Å². The second kappa shape index (κ2) is 6.00. The van der Waals surface area contributed by atoms with Crippen molar-refractivity contribution in [1.29, 1.82) is 0 Å². The number of rotatable bonds is 5. The molecule has 2 heterocycles. The summed E-state index contributed by atoms with van der Waals surface area (Å²) in [5.74, 6) is 1.37. The minimum absolute atomic E-state index is 0.0869. The van der Waals surface area contributed by atoms with Crippen molar-refractivity contribution in [1.82, 2.24) is 14.9 Å². The summed E-state index contributed by atoms with van der Waals surface area (Å²) >= 11 is 0. The zero-order valence-corrected chi connectivity index (χ0v) is 11.1. The lowest BCUT2D eigenvalue weighted by Crippen LogP contribution is -2.27. The number of amides is 1. The highest BCUT2D eigenvalue weighted by Gasteiger charge is 2.19. The van der Waals surface area contributed by atoms with E-state index < -0.39 is 0 Å². The molecule has 1 aliphatic heterocycles. The molecule has 0 bridgehead atoms. The van der Waals surface area contributed by atoms with Gasteiger partial charge in [-0.15, -0.1) is 0 Å². The molecule has 1 amide bonds. The third-order valence-electron chi connectivity index (χ3n) is 3.25. The van der Waals surface area contributed by atoms with Crippen LogP contribution in [0.3, 0.4) is 0 Å². The summed E-state index contributed by atoms with van der Waals surface area (Å²) in [5, 5.41) is 2.93. The lowest BCUT2D eigenvalue weighted by atomic mass is 10.1. The van der Waals surface area contributed by atoms with E-state index in [1.54, 1.807) is 6.20 Å². The molecule has 1 aromatic heterocycles. The van der Waals surface area contributed by atoms with Gasteiger partial charge in [-0.25, -0.2) is 4.98 Å². The molecule has 1 fully saturated rings. The Morgan fingerprint density at radius 1 is 1.67 bits per heavy atom.